The molecule has 0 amide bonds. The number of carbonyl (C=O) groups is 1. The molecule has 0 radical (unpaired) electrons. The first-order valence-electron chi connectivity index (χ1n) is 7.55. The molecule has 2 aromatic rings. The van der Waals surface area contributed by atoms with Crippen LogP contribution in [0.4, 0.5) is 0 Å². The smallest absolute Gasteiger partial charge is 0.338 e. The molecule has 6 heteroatoms. The van der Waals surface area contributed by atoms with E-state index in [1.54, 1.807) is 13.0 Å². The van der Waals surface area contributed by atoms with Gasteiger partial charge in [0.2, 0.25) is 0 Å². The van der Waals surface area contributed by atoms with Crippen molar-refractivity contribution in [3.63, 3.8) is 0 Å². The van der Waals surface area contributed by atoms with Gasteiger partial charge < -0.3 is 14.2 Å². The lowest BCUT2D eigenvalue weighted by atomic mass is 10.2. The highest BCUT2D eigenvalue weighted by atomic mass is 79.9. The van der Waals surface area contributed by atoms with Crippen molar-refractivity contribution in [1.82, 2.24) is 0 Å². The predicted molar refractivity (Wildman–Crippen MR) is 97.1 cm³/mol. The maximum atomic E-state index is 11.9. The van der Waals surface area contributed by atoms with Crippen LogP contribution in [0.2, 0.25) is 5.02 Å². The number of rotatable bonds is 7. The fourth-order valence-corrected chi connectivity index (χ4v) is 2.57. The third-order valence-corrected chi connectivity index (χ3v) is 3.93. The van der Waals surface area contributed by atoms with E-state index in [0.717, 1.165) is 10.0 Å². The van der Waals surface area contributed by atoms with E-state index < -0.39 is 5.97 Å². The average molecular weight is 414 g/mol. The molecule has 0 spiro atoms. The highest BCUT2D eigenvalue weighted by molar-refractivity contribution is 9.10. The van der Waals surface area contributed by atoms with Crippen LogP contribution in [0, 0.1) is 0 Å². The molecule has 0 unspecified atom stereocenters. The van der Waals surface area contributed by atoms with Gasteiger partial charge in [-0.3, -0.25) is 0 Å². The molecule has 0 saturated heterocycles. The van der Waals surface area contributed by atoms with Crippen LogP contribution in [-0.2, 0) is 11.3 Å². The van der Waals surface area contributed by atoms with Gasteiger partial charge in [0.15, 0.2) is 11.5 Å². The molecule has 0 aromatic heterocycles. The second kappa shape index (κ2) is 8.94. The number of ether oxygens (including phenoxy) is 3. The van der Waals surface area contributed by atoms with E-state index in [0.29, 0.717) is 41.9 Å². The maximum Gasteiger partial charge on any atom is 0.338 e. The summed E-state index contributed by atoms with van der Waals surface area (Å²) in [7, 11) is 0. The largest absolute Gasteiger partial charge is 0.490 e. The lowest BCUT2D eigenvalue weighted by Crippen LogP contribution is -2.07. The Kier molecular flexibility index (Phi) is 6.94. The second-order valence-corrected chi connectivity index (χ2v) is 6.18. The van der Waals surface area contributed by atoms with E-state index in [2.05, 4.69) is 15.9 Å². The van der Waals surface area contributed by atoms with Gasteiger partial charge in [-0.1, -0.05) is 39.7 Å². The molecule has 4 nitrogen and oxygen atoms in total. The first-order chi connectivity index (χ1) is 11.5. The molecule has 0 atom stereocenters. The van der Waals surface area contributed by atoms with Gasteiger partial charge in [-0.15, -0.1) is 0 Å². The molecule has 128 valence electrons. The van der Waals surface area contributed by atoms with E-state index in [9.17, 15) is 4.79 Å². The zero-order valence-electron chi connectivity index (χ0n) is 13.5. The maximum absolute atomic E-state index is 11.9. The van der Waals surface area contributed by atoms with Gasteiger partial charge in [0.05, 0.1) is 23.8 Å². The Hall–Kier alpha value is -1.72. The molecule has 0 aliphatic rings. The van der Waals surface area contributed by atoms with Gasteiger partial charge in [-0.05, 0) is 43.7 Å². The van der Waals surface area contributed by atoms with Crippen molar-refractivity contribution in [1.29, 1.82) is 0 Å². The van der Waals surface area contributed by atoms with Crippen molar-refractivity contribution in [2.75, 3.05) is 13.2 Å². The van der Waals surface area contributed by atoms with Gasteiger partial charge in [-0.2, -0.15) is 0 Å². The van der Waals surface area contributed by atoms with Crippen LogP contribution >= 0.6 is 27.5 Å². The Morgan fingerprint density at radius 1 is 1.08 bits per heavy atom. The third-order valence-electron chi connectivity index (χ3n) is 3.12. The number of hydrogen-bond donors (Lipinski definition) is 0. The van der Waals surface area contributed by atoms with Gasteiger partial charge in [-0.25, -0.2) is 4.79 Å². The third kappa shape index (κ3) is 4.89. The van der Waals surface area contributed by atoms with Gasteiger partial charge in [0.1, 0.15) is 6.61 Å². The molecule has 0 heterocycles. The molecule has 2 aromatic carbocycles. The van der Waals surface area contributed by atoms with Crippen LogP contribution in [0.25, 0.3) is 0 Å². The standard InChI is InChI=1S/C18H18BrClO4/c1-3-22-16-10-13(18(21)23-4-2)9-15(20)17(16)24-11-12-5-7-14(19)8-6-12/h5-10H,3-4,11H2,1-2H3. The molecule has 0 saturated carbocycles. The van der Waals surface area contributed by atoms with Crippen LogP contribution in [-0.4, -0.2) is 19.2 Å². The molecular formula is C18H18BrClO4. The van der Waals surface area contributed by atoms with E-state index in [-0.39, 0.29) is 0 Å². The summed E-state index contributed by atoms with van der Waals surface area (Å²) >= 11 is 9.68. The van der Waals surface area contributed by atoms with Crippen LogP contribution in [0.1, 0.15) is 29.8 Å². The fourth-order valence-electron chi connectivity index (χ4n) is 2.04. The summed E-state index contributed by atoms with van der Waals surface area (Å²) < 4.78 is 17.4. The zero-order chi connectivity index (χ0) is 17.5. The van der Waals surface area contributed by atoms with Crippen LogP contribution < -0.4 is 9.47 Å². The molecule has 24 heavy (non-hydrogen) atoms. The minimum atomic E-state index is -0.445. The summed E-state index contributed by atoms with van der Waals surface area (Å²) in [6, 6.07) is 10.9. The van der Waals surface area contributed by atoms with Crippen molar-refractivity contribution in [3.05, 3.63) is 57.0 Å². The number of esters is 1. The second-order valence-electron chi connectivity index (χ2n) is 4.85. The van der Waals surface area contributed by atoms with Gasteiger partial charge >= 0.3 is 5.97 Å². The van der Waals surface area contributed by atoms with Crippen LogP contribution in [0.15, 0.2) is 40.9 Å². The summed E-state index contributed by atoms with van der Waals surface area (Å²) in [4.78, 5) is 11.9. The first-order valence-corrected chi connectivity index (χ1v) is 8.73. The summed E-state index contributed by atoms with van der Waals surface area (Å²) in [5.41, 5.74) is 1.33. The lowest BCUT2D eigenvalue weighted by molar-refractivity contribution is 0.0525. The topological polar surface area (TPSA) is 44.8 Å². The van der Waals surface area contributed by atoms with Gasteiger partial charge in [0.25, 0.3) is 0 Å². The molecule has 0 aliphatic carbocycles. The quantitative estimate of drug-likeness (QED) is 0.581. The Morgan fingerprint density at radius 3 is 2.42 bits per heavy atom. The SMILES string of the molecule is CCOC(=O)c1cc(Cl)c(OCc2ccc(Br)cc2)c(OCC)c1. The average Bonchev–Trinajstić information content (AvgIpc) is 2.56. The monoisotopic (exact) mass is 412 g/mol. The number of halogens is 2. The summed E-state index contributed by atoms with van der Waals surface area (Å²) in [5.74, 6) is 0.388. The lowest BCUT2D eigenvalue weighted by Gasteiger charge is -2.15. The van der Waals surface area contributed by atoms with Crippen LogP contribution in [0.3, 0.4) is 0 Å². The minimum Gasteiger partial charge on any atom is -0.490 e. The fraction of sp³-hybridized carbons (Fsp3) is 0.278. The molecule has 2 rings (SSSR count). The summed E-state index contributed by atoms with van der Waals surface area (Å²) in [6.45, 7) is 4.66. The Labute approximate surface area is 154 Å². The summed E-state index contributed by atoms with van der Waals surface area (Å²) in [5, 5.41) is 0.307. The van der Waals surface area contributed by atoms with E-state index in [4.69, 9.17) is 25.8 Å². The molecule has 0 aliphatic heterocycles. The number of hydrogen-bond acceptors (Lipinski definition) is 4. The van der Waals surface area contributed by atoms with Crippen LogP contribution in [0.5, 0.6) is 11.5 Å². The molecular weight excluding hydrogens is 396 g/mol. The van der Waals surface area contributed by atoms with Gasteiger partial charge in [0, 0.05) is 4.47 Å². The summed E-state index contributed by atoms with van der Waals surface area (Å²) in [6.07, 6.45) is 0. The first kappa shape index (κ1) is 18.6. The predicted octanol–water partition coefficient (Wildman–Crippen LogP) is 5.26. The Balaban J connectivity index is 2.24. The van der Waals surface area contributed by atoms with Crippen molar-refractivity contribution in [2.45, 2.75) is 20.5 Å². The van der Waals surface area contributed by atoms with Crippen molar-refractivity contribution < 1.29 is 19.0 Å². The Morgan fingerprint density at radius 2 is 1.79 bits per heavy atom. The molecule has 0 bridgehead atoms. The van der Waals surface area contributed by atoms with E-state index in [1.165, 1.54) is 6.07 Å². The highest BCUT2D eigenvalue weighted by Crippen LogP contribution is 2.37. The van der Waals surface area contributed by atoms with Crippen molar-refractivity contribution in [2.24, 2.45) is 0 Å². The van der Waals surface area contributed by atoms with Crippen molar-refractivity contribution >= 4 is 33.5 Å². The van der Waals surface area contributed by atoms with Crippen molar-refractivity contribution in [3.8, 4) is 11.5 Å². The number of benzene rings is 2. The number of carbonyl (C=O) groups excluding carboxylic acids is 1. The normalized spacial score (nSPS) is 10.3. The Bertz CT molecular complexity index is 701. The highest BCUT2D eigenvalue weighted by Gasteiger charge is 2.17. The van der Waals surface area contributed by atoms with E-state index in [1.807, 2.05) is 31.2 Å². The molecule has 0 fully saturated rings. The molecule has 0 N–H and O–H groups in total. The van der Waals surface area contributed by atoms with E-state index >= 15 is 0 Å². The zero-order valence-corrected chi connectivity index (χ0v) is 15.8. The minimum absolute atomic E-state index is 0.294.